The van der Waals surface area contributed by atoms with Crippen LogP contribution in [0.25, 0.3) is 0 Å². The lowest BCUT2D eigenvalue weighted by atomic mass is 10.0. The molecule has 1 N–H and O–H groups in total. The standard InChI is InChI=1S/C25H26Cl2FNO2/c1-3-7-23(18-8-5-4-6-9-18)29-15-17-12-22(27)25(24(13-17)30-2)31-16-19-10-11-20(28)14-21(19)26/h4-6,8-14,23,29H,3,7,15-16H2,1-2H3. The van der Waals surface area contributed by atoms with Crippen molar-refractivity contribution in [2.24, 2.45) is 0 Å². The van der Waals surface area contributed by atoms with Crippen LogP contribution in [0.3, 0.4) is 0 Å². The van der Waals surface area contributed by atoms with Gasteiger partial charge in [0.2, 0.25) is 0 Å². The smallest absolute Gasteiger partial charge is 0.180 e. The highest BCUT2D eigenvalue weighted by Gasteiger charge is 2.15. The van der Waals surface area contributed by atoms with Gasteiger partial charge in [0.05, 0.1) is 17.2 Å². The predicted molar refractivity (Wildman–Crippen MR) is 125 cm³/mol. The van der Waals surface area contributed by atoms with Crippen molar-refractivity contribution in [3.05, 3.63) is 93.2 Å². The third-order valence-electron chi connectivity index (χ3n) is 5.01. The molecule has 0 fully saturated rings. The Morgan fingerprint density at radius 2 is 1.77 bits per heavy atom. The summed E-state index contributed by atoms with van der Waals surface area (Å²) in [7, 11) is 1.57. The Bertz CT molecular complexity index is 998. The van der Waals surface area contributed by atoms with Gasteiger partial charge < -0.3 is 14.8 Å². The van der Waals surface area contributed by atoms with E-state index in [9.17, 15) is 4.39 Å². The molecule has 0 aliphatic carbocycles. The van der Waals surface area contributed by atoms with E-state index in [1.165, 1.54) is 17.7 Å². The summed E-state index contributed by atoms with van der Waals surface area (Å²) in [6.07, 6.45) is 2.11. The van der Waals surface area contributed by atoms with E-state index >= 15 is 0 Å². The van der Waals surface area contributed by atoms with E-state index in [-0.39, 0.29) is 12.6 Å². The Hall–Kier alpha value is -2.27. The number of rotatable bonds is 10. The average Bonchev–Trinajstić information content (AvgIpc) is 2.77. The van der Waals surface area contributed by atoms with Gasteiger partial charge in [-0.15, -0.1) is 0 Å². The summed E-state index contributed by atoms with van der Waals surface area (Å²) >= 11 is 12.6. The molecule has 0 saturated carbocycles. The Labute approximate surface area is 193 Å². The maximum absolute atomic E-state index is 13.3. The Morgan fingerprint density at radius 1 is 1.00 bits per heavy atom. The van der Waals surface area contributed by atoms with Gasteiger partial charge in [-0.25, -0.2) is 4.39 Å². The minimum Gasteiger partial charge on any atom is -0.493 e. The molecular formula is C25H26Cl2FNO2. The summed E-state index contributed by atoms with van der Waals surface area (Å²) in [5.41, 5.74) is 2.92. The van der Waals surface area contributed by atoms with Gasteiger partial charge in [-0.2, -0.15) is 0 Å². The molecule has 3 nitrogen and oxygen atoms in total. The van der Waals surface area contributed by atoms with Crippen LogP contribution in [0.1, 0.15) is 42.5 Å². The van der Waals surface area contributed by atoms with Crippen molar-refractivity contribution in [1.29, 1.82) is 0 Å². The first-order chi connectivity index (χ1) is 15.0. The van der Waals surface area contributed by atoms with Gasteiger partial charge in [0.1, 0.15) is 12.4 Å². The van der Waals surface area contributed by atoms with Crippen LogP contribution in [-0.2, 0) is 13.2 Å². The van der Waals surface area contributed by atoms with E-state index in [1.807, 2.05) is 18.2 Å². The van der Waals surface area contributed by atoms with Gasteiger partial charge >= 0.3 is 0 Å². The molecule has 0 aromatic heterocycles. The van der Waals surface area contributed by atoms with Crippen molar-refractivity contribution in [3.63, 3.8) is 0 Å². The normalized spacial score (nSPS) is 11.9. The summed E-state index contributed by atoms with van der Waals surface area (Å²) in [5, 5.41) is 4.36. The highest BCUT2D eigenvalue weighted by molar-refractivity contribution is 6.32. The molecule has 164 valence electrons. The largest absolute Gasteiger partial charge is 0.493 e. The molecule has 1 atom stereocenters. The predicted octanol–water partition coefficient (Wildman–Crippen LogP) is 7.35. The van der Waals surface area contributed by atoms with Crippen LogP contribution in [0.2, 0.25) is 10.0 Å². The second-order valence-corrected chi connectivity index (χ2v) is 8.08. The Morgan fingerprint density at radius 3 is 2.45 bits per heavy atom. The molecule has 1 unspecified atom stereocenters. The van der Waals surface area contributed by atoms with E-state index in [1.54, 1.807) is 13.2 Å². The maximum Gasteiger partial charge on any atom is 0.180 e. The lowest BCUT2D eigenvalue weighted by Crippen LogP contribution is -2.20. The highest BCUT2D eigenvalue weighted by Crippen LogP contribution is 2.37. The summed E-state index contributed by atoms with van der Waals surface area (Å²) in [6.45, 7) is 2.97. The molecule has 0 bridgehead atoms. The van der Waals surface area contributed by atoms with Crippen LogP contribution in [0.15, 0.2) is 60.7 Å². The molecule has 31 heavy (non-hydrogen) atoms. The molecule has 0 amide bonds. The van der Waals surface area contributed by atoms with E-state index in [0.717, 1.165) is 18.4 Å². The SMILES string of the molecule is CCCC(NCc1cc(Cl)c(OCc2ccc(F)cc2Cl)c(OC)c1)c1ccccc1. The van der Waals surface area contributed by atoms with Gasteiger partial charge in [0, 0.05) is 18.2 Å². The molecule has 0 heterocycles. The monoisotopic (exact) mass is 461 g/mol. The first kappa shape index (κ1) is 23.4. The molecule has 3 aromatic carbocycles. The summed E-state index contributed by atoms with van der Waals surface area (Å²) in [5.74, 6) is 0.578. The fourth-order valence-corrected chi connectivity index (χ4v) is 3.92. The molecule has 0 aliphatic rings. The van der Waals surface area contributed by atoms with Gasteiger partial charge in [-0.1, -0.05) is 72.9 Å². The van der Waals surface area contributed by atoms with Crippen molar-refractivity contribution in [1.82, 2.24) is 5.32 Å². The summed E-state index contributed by atoms with van der Waals surface area (Å²) in [4.78, 5) is 0. The van der Waals surface area contributed by atoms with Crippen molar-refractivity contribution in [2.75, 3.05) is 7.11 Å². The molecule has 3 rings (SSSR count). The lowest BCUT2D eigenvalue weighted by molar-refractivity contribution is 0.284. The number of methoxy groups -OCH3 is 1. The Kier molecular flexibility index (Phi) is 8.59. The lowest BCUT2D eigenvalue weighted by Gasteiger charge is -2.20. The maximum atomic E-state index is 13.3. The molecule has 3 aromatic rings. The van der Waals surface area contributed by atoms with Gasteiger partial charge in [-0.05, 0) is 41.8 Å². The quantitative estimate of drug-likeness (QED) is 0.342. The highest BCUT2D eigenvalue weighted by atomic mass is 35.5. The fraction of sp³-hybridized carbons (Fsp3) is 0.280. The van der Waals surface area contributed by atoms with Gasteiger partial charge in [0.15, 0.2) is 11.5 Å². The molecular weight excluding hydrogens is 436 g/mol. The number of hydrogen-bond donors (Lipinski definition) is 1. The van der Waals surface area contributed by atoms with Crippen LogP contribution in [-0.4, -0.2) is 7.11 Å². The topological polar surface area (TPSA) is 30.5 Å². The van der Waals surface area contributed by atoms with Crippen LogP contribution >= 0.6 is 23.2 Å². The van der Waals surface area contributed by atoms with Crippen LogP contribution in [0.5, 0.6) is 11.5 Å². The first-order valence-corrected chi connectivity index (χ1v) is 11.0. The molecule has 0 aliphatic heterocycles. The zero-order valence-corrected chi connectivity index (χ0v) is 19.1. The third-order valence-corrected chi connectivity index (χ3v) is 5.64. The van der Waals surface area contributed by atoms with E-state index in [2.05, 4.69) is 36.5 Å². The van der Waals surface area contributed by atoms with Gasteiger partial charge in [-0.3, -0.25) is 0 Å². The van der Waals surface area contributed by atoms with E-state index < -0.39 is 5.82 Å². The van der Waals surface area contributed by atoms with Gasteiger partial charge in [0.25, 0.3) is 0 Å². The van der Waals surface area contributed by atoms with E-state index in [0.29, 0.717) is 33.7 Å². The molecule has 0 spiro atoms. The Balaban J connectivity index is 1.72. The minimum atomic E-state index is -0.391. The molecule has 0 saturated heterocycles. The number of nitrogens with one attached hydrogen (secondary N) is 1. The zero-order chi connectivity index (χ0) is 22.2. The molecule has 6 heteroatoms. The van der Waals surface area contributed by atoms with Crippen molar-refractivity contribution in [2.45, 2.75) is 39.0 Å². The average molecular weight is 462 g/mol. The summed E-state index contributed by atoms with van der Waals surface area (Å²) < 4.78 is 24.6. The fourth-order valence-electron chi connectivity index (χ4n) is 3.41. The van der Waals surface area contributed by atoms with E-state index in [4.69, 9.17) is 32.7 Å². The number of benzene rings is 3. The second-order valence-electron chi connectivity index (χ2n) is 7.27. The van der Waals surface area contributed by atoms with Crippen molar-refractivity contribution >= 4 is 23.2 Å². The minimum absolute atomic E-state index is 0.152. The zero-order valence-electron chi connectivity index (χ0n) is 17.6. The van der Waals surface area contributed by atoms with Crippen molar-refractivity contribution in [3.8, 4) is 11.5 Å². The molecule has 0 radical (unpaired) electrons. The summed E-state index contributed by atoms with van der Waals surface area (Å²) in [6, 6.07) is 18.6. The third kappa shape index (κ3) is 6.36. The van der Waals surface area contributed by atoms with Crippen LogP contribution in [0.4, 0.5) is 4.39 Å². The van der Waals surface area contributed by atoms with Crippen LogP contribution < -0.4 is 14.8 Å². The second kappa shape index (κ2) is 11.4. The number of hydrogen-bond acceptors (Lipinski definition) is 3. The number of ether oxygens (including phenoxy) is 2. The first-order valence-electron chi connectivity index (χ1n) is 10.2. The van der Waals surface area contributed by atoms with Crippen molar-refractivity contribution < 1.29 is 13.9 Å². The van der Waals surface area contributed by atoms with Crippen LogP contribution in [0, 0.1) is 5.82 Å². The number of halogens is 3.